The topological polar surface area (TPSA) is 120 Å². The molecule has 12 heteroatoms. The number of ether oxygens (including phenoxy) is 1. The molecule has 3 atom stereocenters. The van der Waals surface area contributed by atoms with Gasteiger partial charge in [0.05, 0.1) is 40.0 Å². The van der Waals surface area contributed by atoms with E-state index in [1.165, 1.54) is 50.5 Å². The van der Waals surface area contributed by atoms with Crippen LogP contribution >= 0.6 is 23.1 Å². The quantitative estimate of drug-likeness (QED) is 0.153. The second kappa shape index (κ2) is 13.0. The number of nitrogens with one attached hydrogen (secondary N) is 2. The van der Waals surface area contributed by atoms with Crippen LogP contribution in [0.2, 0.25) is 0 Å². The van der Waals surface area contributed by atoms with Gasteiger partial charge in [0.1, 0.15) is 24.2 Å². The Kier molecular flexibility index (Phi) is 8.78. The Bertz CT molecular complexity index is 1990. The largest absolute Gasteiger partial charge is 0.495 e. The molecule has 244 valence electrons. The maximum Gasteiger partial charge on any atom is 0.229 e. The van der Waals surface area contributed by atoms with Gasteiger partial charge in [0.15, 0.2) is 0 Å². The number of anilines is 4. The van der Waals surface area contributed by atoms with Gasteiger partial charge in [-0.3, -0.25) is 14.6 Å². The number of aromatic nitrogens is 6. The molecule has 0 aliphatic heterocycles. The predicted octanol–water partition coefficient (Wildman–Crippen LogP) is 8.40. The Labute approximate surface area is 283 Å². The molecule has 0 spiro atoms. The summed E-state index contributed by atoms with van der Waals surface area (Å²) >= 11 is 3.60. The van der Waals surface area contributed by atoms with Crippen LogP contribution in [0.1, 0.15) is 56.4 Å². The standard InChI is InChI=1S/C35H40BrN8O2P/c1-44-20-24(18-40-44)25-16-30(31(46-2)17-26(25)23-10-9-21-7-5-6-8-22(21)15-23)42-35-39-19-27(36)34(43-35)41-29-12-11-28-32(38-14-13-37-28)33(29)47(3,4)45/h11-14,16-23H,5-10,15H2,1-4H3,(H2,39,41,42,43). The first-order valence-electron chi connectivity index (χ1n) is 16.2. The van der Waals surface area contributed by atoms with E-state index in [1.54, 1.807) is 39.0 Å². The lowest BCUT2D eigenvalue weighted by Crippen LogP contribution is -2.27. The molecule has 3 aromatic heterocycles. The molecule has 2 aliphatic carbocycles. The van der Waals surface area contributed by atoms with Crippen LogP contribution < -0.4 is 20.7 Å². The zero-order chi connectivity index (χ0) is 32.7. The van der Waals surface area contributed by atoms with Crippen molar-refractivity contribution in [1.82, 2.24) is 29.7 Å². The average Bonchev–Trinajstić information content (AvgIpc) is 3.51. The molecule has 2 aromatic carbocycles. The smallest absolute Gasteiger partial charge is 0.229 e. The number of aryl methyl sites for hydroxylation is 1. The average molecular weight is 716 g/mol. The SMILES string of the molecule is COc1cc(C2CCC3CCCCC3C2)c(-c2cnn(C)c2)cc1Nc1ncc(Br)c(Nc2ccc3nccnc3c2P(C)(C)=O)n1. The van der Waals surface area contributed by atoms with Crippen molar-refractivity contribution in [2.75, 3.05) is 31.1 Å². The van der Waals surface area contributed by atoms with E-state index in [0.717, 1.165) is 34.4 Å². The summed E-state index contributed by atoms with van der Waals surface area (Å²) in [5, 5.41) is 12.0. The molecular weight excluding hydrogens is 675 g/mol. The van der Waals surface area contributed by atoms with Gasteiger partial charge in [0, 0.05) is 37.4 Å². The summed E-state index contributed by atoms with van der Waals surface area (Å²) in [6.07, 6.45) is 18.1. The zero-order valence-electron chi connectivity index (χ0n) is 27.2. The monoisotopic (exact) mass is 714 g/mol. The van der Waals surface area contributed by atoms with Gasteiger partial charge in [-0.25, -0.2) is 4.98 Å². The summed E-state index contributed by atoms with van der Waals surface area (Å²) in [5.74, 6) is 3.81. The first-order chi connectivity index (χ1) is 22.7. The van der Waals surface area contributed by atoms with Crippen molar-refractivity contribution in [3.8, 4) is 16.9 Å². The molecule has 47 heavy (non-hydrogen) atoms. The van der Waals surface area contributed by atoms with E-state index in [-0.39, 0.29) is 0 Å². The van der Waals surface area contributed by atoms with Crippen LogP contribution in [0.15, 0.2) is 59.7 Å². The molecule has 3 heterocycles. The van der Waals surface area contributed by atoms with Crippen molar-refractivity contribution in [2.45, 2.75) is 50.9 Å². The fraction of sp³-hybridized carbons (Fsp3) is 0.400. The Balaban J connectivity index is 1.24. The molecule has 2 fully saturated rings. The van der Waals surface area contributed by atoms with Crippen LogP contribution in [-0.4, -0.2) is 50.2 Å². The van der Waals surface area contributed by atoms with E-state index < -0.39 is 7.14 Å². The predicted molar refractivity (Wildman–Crippen MR) is 192 cm³/mol. The van der Waals surface area contributed by atoms with Crippen molar-refractivity contribution in [3.05, 3.63) is 65.3 Å². The summed E-state index contributed by atoms with van der Waals surface area (Å²) in [6, 6.07) is 8.10. The third kappa shape index (κ3) is 6.52. The minimum Gasteiger partial charge on any atom is -0.495 e. The Morgan fingerprint density at radius 1 is 0.957 bits per heavy atom. The third-order valence-electron chi connectivity index (χ3n) is 9.76. The van der Waals surface area contributed by atoms with Gasteiger partial charge in [-0.1, -0.05) is 25.7 Å². The zero-order valence-corrected chi connectivity index (χ0v) is 29.7. The molecule has 0 bridgehead atoms. The van der Waals surface area contributed by atoms with E-state index in [2.05, 4.69) is 64.9 Å². The highest BCUT2D eigenvalue weighted by atomic mass is 79.9. The molecule has 2 saturated carbocycles. The Hall–Kier alpha value is -3.82. The fourth-order valence-corrected chi connectivity index (χ4v) is 9.28. The summed E-state index contributed by atoms with van der Waals surface area (Å²) < 4.78 is 22.0. The van der Waals surface area contributed by atoms with Gasteiger partial charge in [-0.05, 0) is 102 Å². The van der Waals surface area contributed by atoms with Crippen LogP contribution in [0.25, 0.3) is 22.2 Å². The van der Waals surface area contributed by atoms with Crippen LogP contribution in [0.3, 0.4) is 0 Å². The second-order valence-electron chi connectivity index (χ2n) is 13.2. The summed E-state index contributed by atoms with van der Waals surface area (Å²) in [5.41, 5.74) is 6.27. The molecule has 2 N–H and O–H groups in total. The van der Waals surface area contributed by atoms with Gasteiger partial charge in [-0.2, -0.15) is 10.1 Å². The van der Waals surface area contributed by atoms with Gasteiger partial charge in [0.25, 0.3) is 0 Å². The van der Waals surface area contributed by atoms with Crippen LogP contribution in [0, 0.1) is 11.8 Å². The molecule has 0 saturated heterocycles. The van der Waals surface area contributed by atoms with Crippen LogP contribution in [-0.2, 0) is 11.6 Å². The lowest BCUT2D eigenvalue weighted by molar-refractivity contribution is 0.155. The number of fused-ring (bicyclic) bond motifs is 2. The molecule has 2 aliphatic rings. The highest BCUT2D eigenvalue weighted by Gasteiger charge is 2.34. The maximum atomic E-state index is 13.5. The highest BCUT2D eigenvalue weighted by Crippen LogP contribution is 2.49. The molecule has 0 amide bonds. The van der Waals surface area contributed by atoms with E-state index in [9.17, 15) is 4.57 Å². The van der Waals surface area contributed by atoms with Crippen molar-refractivity contribution in [1.29, 1.82) is 0 Å². The Morgan fingerprint density at radius 3 is 2.53 bits per heavy atom. The van der Waals surface area contributed by atoms with Crippen LogP contribution in [0.5, 0.6) is 5.75 Å². The van der Waals surface area contributed by atoms with Crippen molar-refractivity contribution in [3.63, 3.8) is 0 Å². The van der Waals surface area contributed by atoms with Crippen molar-refractivity contribution < 1.29 is 9.30 Å². The number of benzene rings is 2. The number of hydrogen-bond acceptors (Lipinski definition) is 9. The van der Waals surface area contributed by atoms with Gasteiger partial charge >= 0.3 is 0 Å². The normalized spacial score (nSPS) is 19.7. The number of rotatable bonds is 8. The van der Waals surface area contributed by atoms with Crippen LogP contribution in [0.4, 0.5) is 23.1 Å². The number of nitrogens with zero attached hydrogens (tertiary/aromatic N) is 6. The molecule has 10 nitrogen and oxygen atoms in total. The van der Waals surface area contributed by atoms with Gasteiger partial charge in [-0.15, -0.1) is 0 Å². The minimum atomic E-state index is -2.75. The van der Waals surface area contributed by atoms with E-state index in [1.807, 2.05) is 30.1 Å². The Morgan fingerprint density at radius 2 is 1.77 bits per heavy atom. The van der Waals surface area contributed by atoms with E-state index in [4.69, 9.17) is 9.72 Å². The van der Waals surface area contributed by atoms with Crippen molar-refractivity contribution >= 4 is 62.6 Å². The second-order valence-corrected chi connectivity index (χ2v) is 17.2. The fourth-order valence-electron chi connectivity index (χ4n) is 7.60. The lowest BCUT2D eigenvalue weighted by Gasteiger charge is -2.40. The maximum absolute atomic E-state index is 13.5. The lowest BCUT2D eigenvalue weighted by atomic mass is 9.65. The minimum absolute atomic E-state index is 0.389. The van der Waals surface area contributed by atoms with Crippen molar-refractivity contribution in [2.24, 2.45) is 18.9 Å². The summed E-state index contributed by atoms with van der Waals surface area (Å²) in [6.45, 7) is 3.47. The van der Waals surface area contributed by atoms with Gasteiger partial charge < -0.3 is 19.9 Å². The number of hydrogen-bond donors (Lipinski definition) is 2. The van der Waals surface area contributed by atoms with E-state index >= 15 is 0 Å². The van der Waals surface area contributed by atoms with Gasteiger partial charge in [0.2, 0.25) is 5.95 Å². The summed E-state index contributed by atoms with van der Waals surface area (Å²) in [7, 11) is 0.907. The molecule has 0 radical (unpaired) electrons. The molecule has 5 aromatic rings. The first-order valence-corrected chi connectivity index (χ1v) is 19.6. The molecule has 7 rings (SSSR count). The third-order valence-corrected chi connectivity index (χ3v) is 11.9. The highest BCUT2D eigenvalue weighted by molar-refractivity contribution is 9.10. The molecular formula is C35H40BrN8O2P. The first kappa shape index (κ1) is 31.8. The number of methoxy groups -OCH3 is 1. The molecule has 3 unspecified atom stereocenters. The van der Waals surface area contributed by atoms with E-state index in [0.29, 0.717) is 44.2 Å². The summed E-state index contributed by atoms with van der Waals surface area (Å²) in [4.78, 5) is 18.3. The number of halogens is 1.